The summed E-state index contributed by atoms with van der Waals surface area (Å²) in [6, 6.07) is 3.44. The molecule has 0 fully saturated rings. The Morgan fingerprint density at radius 3 is 2.77 bits per heavy atom. The van der Waals surface area contributed by atoms with Gasteiger partial charge in [0.1, 0.15) is 5.76 Å². The minimum atomic E-state index is -0.374. The van der Waals surface area contributed by atoms with E-state index < -0.39 is 0 Å². The number of carbonyl (C=O) groups excluding carboxylic acids is 1. The highest BCUT2D eigenvalue weighted by molar-refractivity contribution is 5.86. The minimum Gasteiger partial charge on any atom is -0.460 e. The fourth-order valence-corrected chi connectivity index (χ4v) is 0.944. The Bertz CT molecular complexity index is 275. The lowest BCUT2D eigenvalue weighted by Gasteiger charge is -1.98. The summed E-state index contributed by atoms with van der Waals surface area (Å²) in [6.45, 7) is 4.37. The molecule has 1 aromatic heterocycles. The van der Waals surface area contributed by atoms with Gasteiger partial charge in [0.25, 0.3) is 0 Å². The van der Waals surface area contributed by atoms with E-state index in [-0.39, 0.29) is 5.97 Å². The van der Waals surface area contributed by atoms with E-state index in [1.165, 1.54) is 0 Å². The lowest BCUT2D eigenvalue weighted by Crippen LogP contribution is -2.04. The van der Waals surface area contributed by atoms with Crippen molar-refractivity contribution in [3.8, 4) is 0 Å². The van der Waals surface area contributed by atoms with Gasteiger partial charge >= 0.3 is 5.97 Å². The number of esters is 1. The number of rotatable bonds is 4. The van der Waals surface area contributed by atoms with Gasteiger partial charge in [-0.3, -0.25) is 0 Å². The lowest BCUT2D eigenvalue weighted by atomic mass is 10.3. The molecule has 0 bridgehead atoms. The fraction of sp³-hybridized carbons (Fsp3) is 0.500. The smallest absolute Gasteiger partial charge is 0.374 e. The molecular formula is C10H14O3. The van der Waals surface area contributed by atoms with Gasteiger partial charge in [0.2, 0.25) is 5.76 Å². The average Bonchev–Trinajstić information content (AvgIpc) is 2.62. The molecule has 3 heteroatoms. The zero-order valence-corrected chi connectivity index (χ0v) is 8.00. The van der Waals surface area contributed by atoms with Crippen LogP contribution in [0.5, 0.6) is 0 Å². The summed E-state index contributed by atoms with van der Waals surface area (Å²) in [5.74, 6) is 0.732. The van der Waals surface area contributed by atoms with Crippen LogP contribution in [-0.4, -0.2) is 12.6 Å². The largest absolute Gasteiger partial charge is 0.460 e. The molecule has 0 aliphatic rings. The second-order valence-electron chi connectivity index (χ2n) is 2.76. The van der Waals surface area contributed by atoms with Crippen molar-refractivity contribution in [2.45, 2.75) is 26.7 Å². The summed E-state index contributed by atoms with van der Waals surface area (Å²) in [7, 11) is 0. The number of carbonyl (C=O) groups is 1. The van der Waals surface area contributed by atoms with Crippen LogP contribution in [0.3, 0.4) is 0 Å². The highest BCUT2D eigenvalue weighted by Crippen LogP contribution is 2.09. The second kappa shape index (κ2) is 4.70. The molecule has 0 spiro atoms. The van der Waals surface area contributed by atoms with Gasteiger partial charge in [0, 0.05) is 6.42 Å². The zero-order chi connectivity index (χ0) is 9.68. The molecule has 1 aromatic rings. The highest BCUT2D eigenvalue weighted by atomic mass is 16.5. The monoisotopic (exact) mass is 182 g/mol. The molecule has 0 atom stereocenters. The van der Waals surface area contributed by atoms with Gasteiger partial charge in [-0.1, -0.05) is 13.8 Å². The molecule has 0 aliphatic heterocycles. The van der Waals surface area contributed by atoms with Gasteiger partial charge in [0.15, 0.2) is 0 Å². The van der Waals surface area contributed by atoms with Crippen molar-refractivity contribution < 1.29 is 13.9 Å². The van der Waals surface area contributed by atoms with Crippen LogP contribution in [-0.2, 0) is 11.2 Å². The third-order valence-corrected chi connectivity index (χ3v) is 1.65. The summed E-state index contributed by atoms with van der Waals surface area (Å²) in [5.41, 5.74) is 0. The van der Waals surface area contributed by atoms with Crippen LogP contribution in [0.1, 0.15) is 36.6 Å². The Morgan fingerprint density at radius 1 is 1.46 bits per heavy atom. The first-order valence-corrected chi connectivity index (χ1v) is 4.53. The molecule has 0 amide bonds. The van der Waals surface area contributed by atoms with Crippen LogP contribution in [0.4, 0.5) is 0 Å². The molecule has 0 aromatic carbocycles. The Morgan fingerprint density at radius 2 is 2.23 bits per heavy atom. The van der Waals surface area contributed by atoms with Crippen LogP contribution >= 0.6 is 0 Å². The van der Waals surface area contributed by atoms with E-state index in [1.807, 2.05) is 13.8 Å². The molecule has 1 heterocycles. The number of hydrogen-bond donors (Lipinski definition) is 0. The van der Waals surface area contributed by atoms with Gasteiger partial charge < -0.3 is 9.15 Å². The SMILES string of the molecule is CCCOC(=O)c1ccc(CC)o1. The van der Waals surface area contributed by atoms with E-state index in [2.05, 4.69) is 0 Å². The van der Waals surface area contributed by atoms with E-state index in [0.717, 1.165) is 18.6 Å². The second-order valence-corrected chi connectivity index (χ2v) is 2.76. The summed E-state index contributed by atoms with van der Waals surface area (Å²) in [5, 5.41) is 0. The van der Waals surface area contributed by atoms with Crippen LogP contribution < -0.4 is 0 Å². The van der Waals surface area contributed by atoms with Crippen molar-refractivity contribution in [3.05, 3.63) is 23.7 Å². The van der Waals surface area contributed by atoms with E-state index in [9.17, 15) is 4.79 Å². The molecule has 0 aliphatic carbocycles. The first-order valence-electron chi connectivity index (χ1n) is 4.53. The van der Waals surface area contributed by atoms with Gasteiger partial charge in [-0.05, 0) is 18.6 Å². The predicted molar refractivity (Wildman–Crippen MR) is 48.7 cm³/mol. The lowest BCUT2D eigenvalue weighted by molar-refractivity contribution is 0.0467. The first-order chi connectivity index (χ1) is 6.27. The quantitative estimate of drug-likeness (QED) is 0.671. The van der Waals surface area contributed by atoms with Gasteiger partial charge in [-0.2, -0.15) is 0 Å². The maximum Gasteiger partial charge on any atom is 0.374 e. The number of aryl methyl sites for hydroxylation is 1. The molecule has 0 N–H and O–H groups in total. The molecule has 13 heavy (non-hydrogen) atoms. The zero-order valence-electron chi connectivity index (χ0n) is 8.00. The number of furan rings is 1. The number of ether oxygens (including phenoxy) is 1. The average molecular weight is 182 g/mol. The number of hydrogen-bond acceptors (Lipinski definition) is 3. The standard InChI is InChI=1S/C10H14O3/c1-3-7-12-10(11)9-6-5-8(4-2)13-9/h5-6H,3-4,7H2,1-2H3. The third kappa shape index (κ3) is 2.61. The molecule has 0 saturated heterocycles. The van der Waals surface area contributed by atoms with Crippen molar-refractivity contribution in [2.75, 3.05) is 6.61 Å². The maximum atomic E-state index is 11.2. The van der Waals surface area contributed by atoms with Crippen molar-refractivity contribution in [3.63, 3.8) is 0 Å². The van der Waals surface area contributed by atoms with Gasteiger partial charge in [0.05, 0.1) is 6.61 Å². The van der Waals surface area contributed by atoms with Gasteiger partial charge in [-0.15, -0.1) is 0 Å². The van der Waals surface area contributed by atoms with Crippen molar-refractivity contribution in [2.24, 2.45) is 0 Å². The van der Waals surface area contributed by atoms with E-state index in [4.69, 9.17) is 9.15 Å². The third-order valence-electron chi connectivity index (χ3n) is 1.65. The summed E-state index contributed by atoms with van der Waals surface area (Å²) in [4.78, 5) is 11.2. The fourth-order valence-electron chi connectivity index (χ4n) is 0.944. The summed E-state index contributed by atoms with van der Waals surface area (Å²) >= 11 is 0. The highest BCUT2D eigenvalue weighted by Gasteiger charge is 2.10. The molecule has 0 radical (unpaired) electrons. The van der Waals surface area contributed by atoms with Crippen molar-refractivity contribution in [1.29, 1.82) is 0 Å². The molecule has 3 nitrogen and oxygen atoms in total. The van der Waals surface area contributed by atoms with Crippen molar-refractivity contribution in [1.82, 2.24) is 0 Å². The van der Waals surface area contributed by atoms with Crippen LogP contribution in [0.15, 0.2) is 16.5 Å². The van der Waals surface area contributed by atoms with E-state index >= 15 is 0 Å². The first kappa shape index (κ1) is 9.84. The van der Waals surface area contributed by atoms with Crippen molar-refractivity contribution >= 4 is 5.97 Å². The normalized spacial score (nSPS) is 10.0. The van der Waals surface area contributed by atoms with Crippen LogP contribution in [0, 0.1) is 0 Å². The Hall–Kier alpha value is -1.25. The molecule has 72 valence electrons. The van der Waals surface area contributed by atoms with Crippen LogP contribution in [0.25, 0.3) is 0 Å². The Labute approximate surface area is 77.7 Å². The molecule has 0 saturated carbocycles. The topological polar surface area (TPSA) is 39.4 Å². The van der Waals surface area contributed by atoms with Gasteiger partial charge in [-0.25, -0.2) is 4.79 Å². The Kier molecular flexibility index (Phi) is 3.55. The van der Waals surface area contributed by atoms with E-state index in [1.54, 1.807) is 12.1 Å². The summed E-state index contributed by atoms with van der Waals surface area (Å²) in [6.07, 6.45) is 1.62. The predicted octanol–water partition coefficient (Wildman–Crippen LogP) is 2.41. The summed E-state index contributed by atoms with van der Waals surface area (Å²) < 4.78 is 10.1. The van der Waals surface area contributed by atoms with Crippen LogP contribution in [0.2, 0.25) is 0 Å². The molecule has 0 unspecified atom stereocenters. The van der Waals surface area contributed by atoms with E-state index in [0.29, 0.717) is 12.4 Å². The minimum absolute atomic E-state index is 0.297. The maximum absolute atomic E-state index is 11.2. The molecular weight excluding hydrogens is 168 g/mol. The molecule has 1 rings (SSSR count). The Balaban J connectivity index is 2.55.